The van der Waals surface area contributed by atoms with E-state index in [1.54, 1.807) is 49.9 Å². The lowest BCUT2D eigenvalue weighted by molar-refractivity contribution is -0.139. The summed E-state index contributed by atoms with van der Waals surface area (Å²) < 4.78 is 16.3. The Bertz CT molecular complexity index is 1320. The van der Waals surface area contributed by atoms with Gasteiger partial charge in [0.1, 0.15) is 39.7 Å². The van der Waals surface area contributed by atoms with Gasteiger partial charge in [0.2, 0.25) is 0 Å². The van der Waals surface area contributed by atoms with Gasteiger partial charge in [-0.25, -0.2) is 14.4 Å². The van der Waals surface area contributed by atoms with Crippen molar-refractivity contribution in [2.75, 3.05) is 33.2 Å². The fourth-order valence-electron chi connectivity index (χ4n) is 4.17. The molecule has 1 unspecified atom stereocenters. The lowest BCUT2D eigenvalue weighted by atomic mass is 10.1. The van der Waals surface area contributed by atoms with Gasteiger partial charge in [0.25, 0.3) is 5.91 Å². The molecule has 2 amide bonds. The zero-order chi connectivity index (χ0) is 27.6. The number of hydrogen-bond donors (Lipinski definition) is 2. The van der Waals surface area contributed by atoms with Gasteiger partial charge in [-0.3, -0.25) is 4.79 Å². The van der Waals surface area contributed by atoms with Gasteiger partial charge in [-0.2, -0.15) is 0 Å². The number of benzene rings is 2. The SMILES string of the molecule is CN1CCN(C(=O)c2c(C(=O)Oc3ccc(CC(NC(=O)OC(C)(C)C)C(=O)O)cc3)c3ccc2o3)CC1. The summed E-state index contributed by atoms with van der Waals surface area (Å²) in [5.74, 6) is -2.00. The van der Waals surface area contributed by atoms with E-state index in [2.05, 4.69) is 10.2 Å². The van der Waals surface area contributed by atoms with Crippen LogP contribution in [0.25, 0.3) is 11.2 Å². The Morgan fingerprint density at radius 3 is 2.16 bits per heavy atom. The number of carboxylic acid groups (broad SMARTS) is 1. The highest BCUT2D eigenvalue weighted by Crippen LogP contribution is 2.31. The van der Waals surface area contributed by atoms with E-state index < -0.39 is 29.7 Å². The van der Waals surface area contributed by atoms with Gasteiger partial charge in [0.05, 0.1) is 0 Å². The molecule has 1 aliphatic heterocycles. The van der Waals surface area contributed by atoms with E-state index in [4.69, 9.17) is 13.9 Å². The number of nitrogens with zero attached hydrogens (tertiary/aromatic N) is 2. The van der Waals surface area contributed by atoms with Crippen LogP contribution in [0.2, 0.25) is 0 Å². The summed E-state index contributed by atoms with van der Waals surface area (Å²) in [6.07, 6.45) is -0.838. The zero-order valence-corrected chi connectivity index (χ0v) is 21.8. The fraction of sp³-hybridized carbons (Fsp3) is 0.407. The van der Waals surface area contributed by atoms with Crippen LogP contribution in [0.1, 0.15) is 47.1 Å². The zero-order valence-electron chi connectivity index (χ0n) is 21.8. The number of carbonyl (C=O) groups is 4. The van der Waals surface area contributed by atoms with E-state index >= 15 is 0 Å². The monoisotopic (exact) mass is 525 g/mol. The smallest absolute Gasteiger partial charge is 0.408 e. The predicted molar refractivity (Wildman–Crippen MR) is 137 cm³/mol. The molecule has 1 aliphatic rings. The summed E-state index contributed by atoms with van der Waals surface area (Å²) in [6, 6.07) is 8.30. The van der Waals surface area contributed by atoms with E-state index in [1.165, 1.54) is 12.1 Å². The number of nitrogens with one attached hydrogen (secondary N) is 1. The first-order valence-electron chi connectivity index (χ1n) is 12.3. The topological polar surface area (TPSA) is 139 Å². The number of carbonyl (C=O) groups excluding carboxylic acids is 3. The maximum atomic E-state index is 13.2. The van der Waals surface area contributed by atoms with Crippen LogP contribution >= 0.6 is 0 Å². The van der Waals surface area contributed by atoms with Crippen LogP contribution < -0.4 is 10.1 Å². The minimum absolute atomic E-state index is 0.00743. The quantitative estimate of drug-likeness (QED) is 0.352. The molecule has 0 aliphatic carbocycles. The molecule has 1 saturated heterocycles. The molecule has 1 fully saturated rings. The summed E-state index contributed by atoms with van der Waals surface area (Å²) in [6.45, 7) is 7.62. The molecular weight excluding hydrogens is 494 g/mol. The maximum absolute atomic E-state index is 13.2. The van der Waals surface area contributed by atoms with Crippen molar-refractivity contribution in [3.05, 3.63) is 53.1 Å². The first kappa shape index (κ1) is 26.9. The number of ether oxygens (including phenoxy) is 2. The molecule has 2 aromatic heterocycles. The fourth-order valence-corrected chi connectivity index (χ4v) is 4.17. The second kappa shape index (κ2) is 10.7. The molecule has 202 valence electrons. The van der Waals surface area contributed by atoms with Crippen LogP contribution in [0.3, 0.4) is 0 Å². The largest absolute Gasteiger partial charge is 0.480 e. The highest BCUT2D eigenvalue weighted by molar-refractivity contribution is 6.15. The molecule has 2 N–H and O–H groups in total. The molecular formula is C27H31N3O8. The molecule has 1 atom stereocenters. The molecule has 1 aromatic carbocycles. The third-order valence-electron chi connectivity index (χ3n) is 6.12. The Morgan fingerprint density at radius 1 is 0.974 bits per heavy atom. The molecule has 11 nitrogen and oxygen atoms in total. The van der Waals surface area contributed by atoms with Crippen LogP contribution in [0, 0.1) is 0 Å². The second-order valence-electron chi connectivity index (χ2n) is 10.3. The molecule has 38 heavy (non-hydrogen) atoms. The lowest BCUT2D eigenvalue weighted by Gasteiger charge is -2.32. The number of alkyl carbamates (subject to hydrolysis) is 1. The Kier molecular flexibility index (Phi) is 7.58. The minimum atomic E-state index is -1.21. The average Bonchev–Trinajstić information content (AvgIpc) is 3.45. The first-order chi connectivity index (χ1) is 17.9. The van der Waals surface area contributed by atoms with Gasteiger partial charge < -0.3 is 34.1 Å². The Labute approximate surface area is 219 Å². The van der Waals surface area contributed by atoms with E-state index in [0.717, 1.165) is 13.1 Å². The molecule has 0 saturated carbocycles. The average molecular weight is 526 g/mol. The first-order valence-corrected chi connectivity index (χ1v) is 12.3. The second-order valence-corrected chi connectivity index (χ2v) is 10.3. The van der Waals surface area contributed by atoms with E-state index in [-0.39, 0.29) is 34.8 Å². The van der Waals surface area contributed by atoms with Crippen LogP contribution in [0.15, 0.2) is 40.8 Å². The highest BCUT2D eigenvalue weighted by atomic mass is 16.6. The van der Waals surface area contributed by atoms with Crippen molar-refractivity contribution in [1.29, 1.82) is 0 Å². The molecule has 3 heterocycles. The summed E-state index contributed by atoms with van der Waals surface area (Å²) in [5, 5.41) is 11.9. The number of hydrogen-bond acceptors (Lipinski definition) is 8. The molecule has 0 radical (unpaired) electrons. The predicted octanol–water partition coefficient (Wildman–Crippen LogP) is 3.00. The van der Waals surface area contributed by atoms with Gasteiger partial charge in [-0.1, -0.05) is 12.1 Å². The van der Waals surface area contributed by atoms with E-state index in [1.807, 2.05) is 7.05 Å². The molecule has 11 heteroatoms. The normalized spacial score (nSPS) is 15.3. The standard InChI is InChI=1S/C27H31N3O8/c1-27(2,3)38-26(35)28-18(24(32)33)15-16-5-7-17(8-6-16)36-25(34)22-20-10-9-19(37-20)21(22)23(31)30-13-11-29(4)12-14-30/h5-10,18H,11-15H2,1-4H3,(H,28,35)(H,32,33). The number of likely N-dealkylation sites (N-methyl/N-ethyl adjacent to an activating group) is 1. The van der Waals surface area contributed by atoms with Crippen LogP contribution in [-0.2, 0) is 16.0 Å². The highest BCUT2D eigenvalue weighted by Gasteiger charge is 2.32. The Balaban J connectivity index is 1.43. The van der Waals surface area contributed by atoms with Crippen LogP contribution in [0.5, 0.6) is 5.75 Å². The van der Waals surface area contributed by atoms with E-state index in [0.29, 0.717) is 24.2 Å². The molecule has 4 rings (SSSR count). The van der Waals surface area contributed by atoms with Crippen LogP contribution in [-0.4, -0.2) is 83.7 Å². The number of carboxylic acids is 1. The van der Waals surface area contributed by atoms with Crippen molar-refractivity contribution in [3.63, 3.8) is 0 Å². The molecule has 2 bridgehead atoms. The minimum Gasteiger partial charge on any atom is -0.480 e. The summed E-state index contributed by atoms with van der Waals surface area (Å²) in [5.41, 5.74) is 0.725. The molecule has 0 spiro atoms. The number of rotatable bonds is 7. The number of piperazine rings is 1. The van der Waals surface area contributed by atoms with Crippen molar-refractivity contribution in [3.8, 4) is 5.75 Å². The van der Waals surface area contributed by atoms with Crippen LogP contribution in [0.4, 0.5) is 4.79 Å². The summed E-state index contributed by atoms with van der Waals surface area (Å²) in [4.78, 5) is 53.8. The van der Waals surface area contributed by atoms with Crippen molar-refractivity contribution in [1.82, 2.24) is 15.1 Å². The van der Waals surface area contributed by atoms with Crippen molar-refractivity contribution in [2.24, 2.45) is 0 Å². The van der Waals surface area contributed by atoms with E-state index in [9.17, 15) is 24.3 Å². The van der Waals surface area contributed by atoms with Crippen molar-refractivity contribution < 1.29 is 38.2 Å². The third kappa shape index (κ3) is 6.23. The number of aliphatic carboxylic acids is 1. The Morgan fingerprint density at radius 2 is 1.58 bits per heavy atom. The summed E-state index contributed by atoms with van der Waals surface area (Å²) >= 11 is 0. The van der Waals surface area contributed by atoms with Gasteiger partial charge in [-0.05, 0) is 57.6 Å². The third-order valence-corrected chi connectivity index (χ3v) is 6.12. The summed E-state index contributed by atoms with van der Waals surface area (Å²) in [7, 11) is 1.99. The van der Waals surface area contributed by atoms with Gasteiger partial charge in [0, 0.05) is 32.6 Å². The van der Waals surface area contributed by atoms with Gasteiger partial charge in [-0.15, -0.1) is 0 Å². The van der Waals surface area contributed by atoms with Gasteiger partial charge in [0.15, 0.2) is 0 Å². The van der Waals surface area contributed by atoms with Gasteiger partial charge >= 0.3 is 18.0 Å². The Hall–Kier alpha value is -4.12. The number of fused-ring (bicyclic) bond motifs is 2. The van der Waals surface area contributed by atoms with Crippen molar-refractivity contribution >= 4 is 35.1 Å². The van der Waals surface area contributed by atoms with Crippen molar-refractivity contribution in [2.45, 2.75) is 38.8 Å². The number of esters is 1. The maximum Gasteiger partial charge on any atom is 0.408 e. The lowest BCUT2D eigenvalue weighted by Crippen LogP contribution is -2.47. The molecule has 3 aromatic rings. The number of furan rings is 2. The number of amides is 2.